The molecule has 1 aliphatic rings. The van der Waals surface area contributed by atoms with Gasteiger partial charge in [0.15, 0.2) is 0 Å². The number of fused-ring (bicyclic) bond motifs is 1. The Labute approximate surface area is 186 Å². The number of amides is 2. The largest absolute Gasteiger partial charge is 0.324 e. The van der Waals surface area contributed by atoms with Crippen LogP contribution in [0.2, 0.25) is 0 Å². The summed E-state index contributed by atoms with van der Waals surface area (Å²) in [5.74, 6) is -0.440. The molecule has 2 unspecified atom stereocenters. The van der Waals surface area contributed by atoms with E-state index in [1.165, 1.54) is 9.98 Å². The van der Waals surface area contributed by atoms with Crippen LogP contribution < -0.4 is 11.1 Å². The van der Waals surface area contributed by atoms with Gasteiger partial charge in [-0.2, -0.15) is 0 Å². The second-order valence-electron chi connectivity index (χ2n) is 7.58. The molecule has 0 saturated heterocycles. The van der Waals surface area contributed by atoms with Crippen LogP contribution in [0.1, 0.15) is 52.0 Å². The number of nitrogens with one attached hydrogen (secondary N) is 1. The zero-order valence-corrected chi connectivity index (χ0v) is 17.6. The van der Waals surface area contributed by atoms with Crippen LogP contribution in [-0.2, 0) is 11.2 Å². The standard InChI is InChI=1S/C24H23ClN4O2/c25-29(22-10-9-16-3-1-2-4-20(16)22)23(30)15-21(26)17-5-7-18(8-6-17)24(31)28-19-11-13-27-14-12-19/h1-8,11-14,21-22H,9-10,15,26H2,(H,27,28,31). The number of nitrogens with zero attached hydrogens (tertiary/aromatic N) is 2. The Bertz CT molecular complexity index is 1070. The Hall–Kier alpha value is -3.22. The number of aromatic nitrogens is 1. The van der Waals surface area contributed by atoms with Crippen molar-refractivity contribution in [1.82, 2.24) is 9.40 Å². The van der Waals surface area contributed by atoms with Crippen LogP contribution in [-0.4, -0.2) is 21.2 Å². The van der Waals surface area contributed by atoms with Gasteiger partial charge in [0.25, 0.3) is 5.91 Å². The molecular formula is C24H23ClN4O2. The first-order valence-corrected chi connectivity index (χ1v) is 10.5. The molecule has 4 rings (SSSR count). The van der Waals surface area contributed by atoms with Crippen molar-refractivity contribution in [1.29, 1.82) is 0 Å². The number of carbonyl (C=O) groups excluding carboxylic acids is 2. The molecule has 3 aromatic rings. The van der Waals surface area contributed by atoms with Crippen LogP contribution in [0.5, 0.6) is 0 Å². The first kappa shape index (κ1) is 21.0. The zero-order valence-electron chi connectivity index (χ0n) is 16.9. The normalized spacial score (nSPS) is 15.7. The number of benzene rings is 2. The molecular weight excluding hydrogens is 412 g/mol. The number of anilines is 1. The summed E-state index contributed by atoms with van der Waals surface area (Å²) in [6.45, 7) is 0. The van der Waals surface area contributed by atoms with E-state index in [-0.39, 0.29) is 24.3 Å². The highest BCUT2D eigenvalue weighted by Gasteiger charge is 2.30. The smallest absolute Gasteiger partial charge is 0.255 e. The summed E-state index contributed by atoms with van der Waals surface area (Å²) in [6.07, 6.45) is 5.03. The first-order valence-electron chi connectivity index (χ1n) is 10.2. The van der Waals surface area contributed by atoms with Crippen LogP contribution in [0.3, 0.4) is 0 Å². The molecule has 2 atom stereocenters. The van der Waals surface area contributed by atoms with Crippen LogP contribution >= 0.6 is 11.8 Å². The average Bonchev–Trinajstić information content (AvgIpc) is 3.23. The summed E-state index contributed by atoms with van der Waals surface area (Å²) in [5.41, 5.74) is 10.5. The van der Waals surface area contributed by atoms with Crippen LogP contribution in [0.4, 0.5) is 5.69 Å². The molecule has 1 heterocycles. The fraction of sp³-hybridized carbons (Fsp3) is 0.208. The second-order valence-corrected chi connectivity index (χ2v) is 7.95. The first-order chi connectivity index (χ1) is 15.0. The molecule has 1 aromatic heterocycles. The predicted octanol–water partition coefficient (Wildman–Crippen LogP) is 4.39. The fourth-order valence-corrected chi connectivity index (χ4v) is 4.13. The Morgan fingerprint density at radius 3 is 2.55 bits per heavy atom. The number of rotatable bonds is 6. The maximum absolute atomic E-state index is 12.7. The van der Waals surface area contributed by atoms with Crippen LogP contribution in [0.25, 0.3) is 0 Å². The van der Waals surface area contributed by atoms with Crippen molar-refractivity contribution in [2.45, 2.75) is 31.3 Å². The van der Waals surface area contributed by atoms with Gasteiger partial charge in [-0.05, 0) is 53.8 Å². The summed E-state index contributed by atoms with van der Waals surface area (Å²) in [5, 5.41) is 2.80. The third-order valence-corrected chi connectivity index (χ3v) is 5.97. The lowest BCUT2D eigenvalue weighted by atomic mass is 10.0. The zero-order chi connectivity index (χ0) is 21.8. The highest BCUT2D eigenvalue weighted by Crippen LogP contribution is 2.37. The van der Waals surface area contributed by atoms with E-state index in [4.69, 9.17) is 17.5 Å². The van der Waals surface area contributed by atoms with E-state index >= 15 is 0 Å². The van der Waals surface area contributed by atoms with Gasteiger partial charge in [-0.1, -0.05) is 36.4 Å². The van der Waals surface area contributed by atoms with Crippen LogP contribution in [0.15, 0.2) is 73.1 Å². The Morgan fingerprint density at radius 1 is 1.10 bits per heavy atom. The number of hydrogen-bond donors (Lipinski definition) is 2. The van der Waals surface area contributed by atoms with Gasteiger partial charge >= 0.3 is 0 Å². The molecule has 158 valence electrons. The van der Waals surface area contributed by atoms with Gasteiger partial charge in [0.2, 0.25) is 5.91 Å². The molecule has 0 fully saturated rings. The molecule has 0 bridgehead atoms. The summed E-state index contributed by atoms with van der Waals surface area (Å²) in [7, 11) is 0. The van der Waals surface area contributed by atoms with Gasteiger partial charge in [0, 0.05) is 47.9 Å². The SMILES string of the molecule is NC(CC(=O)N(Cl)C1CCc2ccccc21)c1ccc(C(=O)Nc2ccncc2)cc1. The molecule has 7 heteroatoms. The maximum atomic E-state index is 12.7. The van der Waals surface area contributed by atoms with Gasteiger partial charge in [-0.15, -0.1) is 0 Å². The van der Waals surface area contributed by atoms with Crippen molar-refractivity contribution in [2.24, 2.45) is 5.73 Å². The summed E-state index contributed by atoms with van der Waals surface area (Å²) >= 11 is 6.41. The molecule has 3 N–H and O–H groups in total. The van der Waals surface area contributed by atoms with Crippen molar-refractivity contribution in [3.63, 3.8) is 0 Å². The average molecular weight is 435 g/mol. The van der Waals surface area contributed by atoms with E-state index in [1.54, 1.807) is 48.8 Å². The summed E-state index contributed by atoms with van der Waals surface area (Å²) in [6, 6.07) is 17.8. The van der Waals surface area contributed by atoms with Gasteiger partial charge < -0.3 is 11.1 Å². The third-order valence-electron chi connectivity index (χ3n) is 5.55. The van der Waals surface area contributed by atoms with Crippen molar-refractivity contribution >= 4 is 29.3 Å². The Balaban J connectivity index is 1.37. The van der Waals surface area contributed by atoms with Crippen LogP contribution in [0, 0.1) is 0 Å². The minimum Gasteiger partial charge on any atom is -0.324 e. The van der Waals surface area contributed by atoms with Crippen molar-refractivity contribution in [3.8, 4) is 0 Å². The molecule has 0 aliphatic heterocycles. The highest BCUT2D eigenvalue weighted by molar-refractivity contribution is 6.21. The molecule has 0 saturated carbocycles. The Kier molecular flexibility index (Phi) is 6.30. The van der Waals surface area contributed by atoms with Gasteiger partial charge in [-0.25, -0.2) is 4.42 Å². The molecule has 1 aliphatic carbocycles. The van der Waals surface area contributed by atoms with E-state index in [1.807, 2.05) is 18.2 Å². The lowest BCUT2D eigenvalue weighted by Crippen LogP contribution is -2.28. The van der Waals surface area contributed by atoms with Crippen molar-refractivity contribution in [3.05, 3.63) is 95.3 Å². The minimum atomic E-state index is -0.511. The quantitative estimate of drug-likeness (QED) is 0.563. The number of carbonyl (C=O) groups is 2. The van der Waals surface area contributed by atoms with Gasteiger partial charge in [0.05, 0.1) is 6.04 Å². The molecule has 2 amide bonds. The predicted molar refractivity (Wildman–Crippen MR) is 120 cm³/mol. The number of aryl methyl sites for hydroxylation is 1. The molecule has 6 nitrogen and oxygen atoms in total. The van der Waals surface area contributed by atoms with Crippen molar-refractivity contribution in [2.75, 3.05) is 5.32 Å². The van der Waals surface area contributed by atoms with E-state index < -0.39 is 6.04 Å². The lowest BCUT2D eigenvalue weighted by molar-refractivity contribution is -0.128. The molecule has 2 aromatic carbocycles. The molecule has 0 radical (unpaired) electrons. The van der Waals surface area contributed by atoms with E-state index in [0.29, 0.717) is 11.3 Å². The fourth-order valence-electron chi connectivity index (χ4n) is 3.86. The van der Waals surface area contributed by atoms with Gasteiger partial charge in [0.1, 0.15) is 0 Å². The third kappa shape index (κ3) is 4.76. The minimum absolute atomic E-state index is 0.0880. The molecule has 31 heavy (non-hydrogen) atoms. The highest BCUT2D eigenvalue weighted by atomic mass is 35.5. The second kappa shape index (κ2) is 9.29. The number of halogens is 1. The number of nitrogens with two attached hydrogens (primary N) is 1. The van der Waals surface area contributed by atoms with Gasteiger partial charge in [-0.3, -0.25) is 14.6 Å². The van der Waals surface area contributed by atoms with E-state index in [0.717, 1.165) is 24.0 Å². The Morgan fingerprint density at radius 2 is 1.81 bits per heavy atom. The summed E-state index contributed by atoms with van der Waals surface area (Å²) in [4.78, 5) is 29.0. The maximum Gasteiger partial charge on any atom is 0.255 e. The summed E-state index contributed by atoms with van der Waals surface area (Å²) < 4.78 is 1.29. The molecule has 0 spiro atoms. The number of pyridine rings is 1. The van der Waals surface area contributed by atoms with Crippen molar-refractivity contribution < 1.29 is 9.59 Å². The van der Waals surface area contributed by atoms with E-state index in [9.17, 15) is 9.59 Å². The monoisotopic (exact) mass is 434 g/mol. The topological polar surface area (TPSA) is 88.3 Å². The number of hydrogen-bond acceptors (Lipinski definition) is 4. The lowest BCUT2D eigenvalue weighted by Gasteiger charge is -2.24. The van der Waals surface area contributed by atoms with E-state index in [2.05, 4.69) is 16.4 Å².